The zero-order valence-corrected chi connectivity index (χ0v) is 18.7. The number of carbonyl (C=O) groups is 2. The van der Waals surface area contributed by atoms with Crippen molar-refractivity contribution in [3.8, 4) is 0 Å². The first-order chi connectivity index (χ1) is 14.3. The number of hydrogen-bond acceptors (Lipinski definition) is 6. The van der Waals surface area contributed by atoms with Gasteiger partial charge in [-0.25, -0.2) is 26.3 Å². The van der Waals surface area contributed by atoms with Gasteiger partial charge in [-0.05, 0) is 56.2 Å². The molecule has 0 unspecified atom stereocenters. The molecule has 166 valence electrons. The lowest BCUT2D eigenvalue weighted by molar-refractivity contribution is -0.123. The highest BCUT2D eigenvalue weighted by atomic mass is 32.2. The average molecular weight is 466 g/mol. The lowest BCUT2D eigenvalue weighted by Gasteiger charge is -2.18. The van der Waals surface area contributed by atoms with E-state index in [-0.39, 0.29) is 28.4 Å². The summed E-state index contributed by atoms with van der Waals surface area (Å²) >= 11 is 0. The molecule has 0 spiro atoms. The van der Waals surface area contributed by atoms with Crippen molar-refractivity contribution < 1.29 is 26.4 Å². The van der Waals surface area contributed by atoms with Gasteiger partial charge in [-0.1, -0.05) is 18.2 Å². The lowest BCUT2D eigenvalue weighted by atomic mass is 9.95. The van der Waals surface area contributed by atoms with Crippen molar-refractivity contribution in [1.29, 1.82) is 0 Å². The first kappa shape index (κ1) is 22.9. The highest BCUT2D eigenvalue weighted by molar-refractivity contribution is 7.94. The first-order valence-corrected chi connectivity index (χ1v) is 12.5. The molecule has 2 aromatic carbocycles. The van der Waals surface area contributed by atoms with Gasteiger partial charge in [0.15, 0.2) is 0 Å². The van der Waals surface area contributed by atoms with E-state index in [9.17, 15) is 26.4 Å². The molecule has 11 heteroatoms. The van der Waals surface area contributed by atoms with Crippen LogP contribution >= 0.6 is 0 Å². The molecule has 1 fully saturated rings. The van der Waals surface area contributed by atoms with E-state index in [0.717, 1.165) is 9.87 Å². The molecular weight excluding hydrogens is 442 g/mol. The predicted molar refractivity (Wildman–Crippen MR) is 115 cm³/mol. The maximum atomic E-state index is 12.5. The van der Waals surface area contributed by atoms with Crippen molar-refractivity contribution in [2.24, 2.45) is 10.6 Å². The van der Waals surface area contributed by atoms with Crippen LogP contribution in [-0.2, 0) is 31.3 Å². The fourth-order valence-corrected chi connectivity index (χ4v) is 5.92. The Hall–Kier alpha value is -2.76. The zero-order valence-electron chi connectivity index (χ0n) is 17.0. The second kappa shape index (κ2) is 8.06. The van der Waals surface area contributed by atoms with Crippen LogP contribution in [0.2, 0.25) is 0 Å². The molecule has 1 aliphatic heterocycles. The molecule has 0 aliphatic carbocycles. The largest absolute Gasteiger partial charge is 0.352 e. The fraction of sp³-hybridized carbons (Fsp3) is 0.300. The number of nitrogens with two attached hydrogens (primary N) is 1. The number of sulfonamides is 2. The minimum Gasteiger partial charge on any atom is -0.352 e. The second-order valence-corrected chi connectivity index (χ2v) is 11.3. The third kappa shape index (κ3) is 4.94. The minimum absolute atomic E-state index is 0.00619. The van der Waals surface area contributed by atoms with Gasteiger partial charge >= 0.3 is 0 Å². The average Bonchev–Trinajstić information content (AvgIpc) is 2.83. The third-order valence-electron chi connectivity index (χ3n) is 4.88. The number of nitrogens with zero attached hydrogens (tertiary/aromatic N) is 1. The van der Waals surface area contributed by atoms with Crippen molar-refractivity contribution in [3.63, 3.8) is 0 Å². The van der Waals surface area contributed by atoms with Crippen molar-refractivity contribution in [3.05, 3.63) is 59.7 Å². The molecule has 0 radical (unpaired) electrons. The summed E-state index contributed by atoms with van der Waals surface area (Å²) in [5.41, 5.74) is 0.115. The van der Waals surface area contributed by atoms with Gasteiger partial charge in [0.2, 0.25) is 26.0 Å². The quantitative estimate of drug-likeness (QED) is 0.652. The molecule has 0 saturated carbocycles. The summed E-state index contributed by atoms with van der Waals surface area (Å²) in [5.74, 6) is -1.25. The molecule has 3 N–H and O–H groups in total. The van der Waals surface area contributed by atoms with Gasteiger partial charge in [0.25, 0.3) is 5.91 Å². The Balaban J connectivity index is 1.68. The Kier molecular flexibility index (Phi) is 5.96. The number of primary sulfonamides is 1. The molecule has 31 heavy (non-hydrogen) atoms. The minimum atomic E-state index is -3.81. The molecule has 1 saturated heterocycles. The Morgan fingerprint density at radius 2 is 1.81 bits per heavy atom. The van der Waals surface area contributed by atoms with Gasteiger partial charge in [0.05, 0.1) is 21.8 Å². The van der Waals surface area contributed by atoms with Crippen LogP contribution < -0.4 is 14.8 Å². The van der Waals surface area contributed by atoms with E-state index in [2.05, 4.69) is 5.32 Å². The smallest absolute Gasteiger partial charge is 0.251 e. The summed E-state index contributed by atoms with van der Waals surface area (Å²) < 4.78 is 48.2. The molecule has 3 rings (SSSR count). The van der Waals surface area contributed by atoms with Gasteiger partial charge in [-0.2, -0.15) is 0 Å². The summed E-state index contributed by atoms with van der Waals surface area (Å²) in [6, 6.07) is 11.9. The zero-order chi connectivity index (χ0) is 23.0. The number of rotatable bonds is 6. The molecule has 1 heterocycles. The first-order valence-electron chi connectivity index (χ1n) is 9.39. The van der Waals surface area contributed by atoms with Crippen LogP contribution in [0.4, 0.5) is 5.69 Å². The van der Waals surface area contributed by atoms with Crippen molar-refractivity contribution in [2.45, 2.75) is 25.2 Å². The number of carbonyl (C=O) groups excluding carboxylic acids is 2. The molecule has 2 aromatic rings. The van der Waals surface area contributed by atoms with E-state index in [4.69, 9.17) is 5.14 Å². The van der Waals surface area contributed by atoms with E-state index in [1.807, 2.05) is 0 Å². The summed E-state index contributed by atoms with van der Waals surface area (Å²) in [7, 11) is -7.57. The van der Waals surface area contributed by atoms with E-state index >= 15 is 0 Å². The van der Waals surface area contributed by atoms with Crippen LogP contribution in [0.1, 0.15) is 29.8 Å². The van der Waals surface area contributed by atoms with Gasteiger partial charge < -0.3 is 5.32 Å². The molecular formula is C20H23N3O6S2. The monoisotopic (exact) mass is 465 g/mol. The van der Waals surface area contributed by atoms with E-state index in [0.29, 0.717) is 6.42 Å². The van der Waals surface area contributed by atoms with Crippen LogP contribution in [0.15, 0.2) is 53.4 Å². The standard InChI is InChI=1S/C20H23N3O6S2/c1-20(2)13-30(26,27)23(19(20)25)16-5-3-4-15(12-16)18(24)22-11-10-14-6-8-17(9-7-14)31(21,28)29/h3-9,12H,10-11,13H2,1-2H3,(H,22,24)(H2,21,28,29). The molecule has 0 aromatic heterocycles. The SMILES string of the molecule is CC1(C)CS(=O)(=O)N(c2cccc(C(=O)NCCc3ccc(S(N)(=O)=O)cc3)c2)C1=O. The van der Waals surface area contributed by atoms with Crippen LogP contribution in [0, 0.1) is 5.41 Å². The van der Waals surface area contributed by atoms with Crippen molar-refractivity contribution in [1.82, 2.24) is 5.32 Å². The topological polar surface area (TPSA) is 144 Å². The molecule has 1 aliphatic rings. The second-order valence-electron chi connectivity index (χ2n) is 7.95. The summed E-state index contributed by atoms with van der Waals surface area (Å²) in [6.07, 6.45) is 0.448. The summed E-state index contributed by atoms with van der Waals surface area (Å²) in [6.45, 7) is 3.41. The van der Waals surface area contributed by atoms with Gasteiger partial charge in [-0.3, -0.25) is 9.59 Å². The van der Waals surface area contributed by atoms with Gasteiger partial charge in [-0.15, -0.1) is 0 Å². The van der Waals surface area contributed by atoms with Crippen LogP contribution in [-0.4, -0.2) is 40.9 Å². The Bertz CT molecular complexity index is 1240. The maximum Gasteiger partial charge on any atom is 0.251 e. The number of benzene rings is 2. The highest BCUT2D eigenvalue weighted by Gasteiger charge is 2.49. The van der Waals surface area contributed by atoms with E-state index in [1.165, 1.54) is 36.4 Å². The third-order valence-corrected chi connectivity index (χ3v) is 7.83. The number of hydrogen-bond donors (Lipinski definition) is 2. The van der Waals surface area contributed by atoms with Crippen LogP contribution in [0.3, 0.4) is 0 Å². The molecule has 2 amide bonds. The molecule has 0 atom stereocenters. The van der Waals surface area contributed by atoms with Gasteiger partial charge in [0, 0.05) is 12.1 Å². The van der Waals surface area contributed by atoms with E-state index < -0.39 is 37.3 Å². The van der Waals surface area contributed by atoms with E-state index in [1.54, 1.807) is 26.0 Å². The van der Waals surface area contributed by atoms with Crippen molar-refractivity contribution in [2.75, 3.05) is 16.6 Å². The predicted octanol–water partition coefficient (Wildman–Crippen LogP) is 1.01. The highest BCUT2D eigenvalue weighted by Crippen LogP contribution is 2.35. The maximum absolute atomic E-state index is 12.5. The van der Waals surface area contributed by atoms with Crippen LogP contribution in [0.5, 0.6) is 0 Å². The molecule has 9 nitrogen and oxygen atoms in total. The Labute approximate surface area is 181 Å². The summed E-state index contributed by atoms with van der Waals surface area (Å²) in [4.78, 5) is 25.0. The van der Waals surface area contributed by atoms with Crippen molar-refractivity contribution >= 4 is 37.5 Å². The lowest BCUT2D eigenvalue weighted by Crippen LogP contribution is -2.33. The number of anilines is 1. The Morgan fingerprint density at radius 3 is 2.35 bits per heavy atom. The van der Waals surface area contributed by atoms with Crippen LogP contribution in [0.25, 0.3) is 0 Å². The summed E-state index contributed by atoms with van der Waals surface area (Å²) in [5, 5.41) is 7.79. The number of nitrogens with one attached hydrogen (secondary N) is 1. The normalized spacial score (nSPS) is 17.5. The fourth-order valence-electron chi connectivity index (χ4n) is 3.30. The van der Waals surface area contributed by atoms with Gasteiger partial charge in [0.1, 0.15) is 0 Å². The number of amides is 2. The Morgan fingerprint density at radius 1 is 1.16 bits per heavy atom. The molecule has 0 bridgehead atoms.